The van der Waals surface area contributed by atoms with E-state index in [4.69, 9.17) is 0 Å². The van der Waals surface area contributed by atoms with Gasteiger partial charge in [0.15, 0.2) is 0 Å². The molecule has 0 aliphatic heterocycles. The van der Waals surface area contributed by atoms with Crippen LogP contribution in [0.25, 0.3) is 4.91 Å². The molecule has 0 radical (unpaired) electrons. The van der Waals surface area contributed by atoms with Crippen molar-refractivity contribution in [1.82, 2.24) is 10.2 Å². The lowest BCUT2D eigenvalue weighted by molar-refractivity contribution is 0.603. The summed E-state index contributed by atoms with van der Waals surface area (Å²) in [5.74, 6) is 0. The smallest absolute Gasteiger partial charge is 0.207 e. The average molecular weight is 344 g/mol. The molecule has 1 aliphatic rings. The molecular formula is C19H24N2O2S. The fourth-order valence-corrected chi connectivity index (χ4v) is 5.07. The summed E-state index contributed by atoms with van der Waals surface area (Å²) in [7, 11) is -3.53. The summed E-state index contributed by atoms with van der Waals surface area (Å²) in [5.41, 5.74) is 3.67. The number of aromatic amines is 1. The Kier molecular flexibility index (Phi) is 4.90. The molecule has 3 rings (SSSR count). The first-order valence-electron chi connectivity index (χ1n) is 8.61. The summed E-state index contributed by atoms with van der Waals surface area (Å²) in [5, 5.41) is 6.95. The summed E-state index contributed by atoms with van der Waals surface area (Å²) >= 11 is 0. The lowest BCUT2D eigenvalue weighted by Crippen LogP contribution is -2.11. The maximum Gasteiger partial charge on any atom is 0.207 e. The summed E-state index contributed by atoms with van der Waals surface area (Å²) in [6.07, 6.45) is 9.05. The van der Waals surface area contributed by atoms with Crippen molar-refractivity contribution in [3.8, 4) is 0 Å². The molecule has 0 unspecified atom stereocenters. The molecule has 5 heteroatoms. The number of hydrogen-bond donors (Lipinski definition) is 1. The van der Waals surface area contributed by atoms with Crippen LogP contribution < -0.4 is 0 Å². The molecule has 2 aromatic rings. The third-order valence-corrected chi connectivity index (χ3v) is 6.50. The molecule has 0 saturated heterocycles. The number of aryl methyl sites for hydroxylation is 3. The van der Waals surface area contributed by atoms with E-state index in [9.17, 15) is 8.42 Å². The van der Waals surface area contributed by atoms with Crippen molar-refractivity contribution in [3.05, 3.63) is 52.9 Å². The topological polar surface area (TPSA) is 62.8 Å². The number of H-pyrrole nitrogens is 1. The van der Waals surface area contributed by atoms with Gasteiger partial charge in [-0.2, -0.15) is 5.10 Å². The van der Waals surface area contributed by atoms with Gasteiger partial charge in [0.25, 0.3) is 0 Å². The quantitative estimate of drug-likeness (QED) is 0.798. The molecule has 128 valence electrons. The van der Waals surface area contributed by atoms with Gasteiger partial charge in [0.1, 0.15) is 0 Å². The molecule has 0 saturated carbocycles. The SMILES string of the molecule is CCCCCc1cc(C)ccc1S(=O)(=O)C1=CCCc2[nH]ncc21. The van der Waals surface area contributed by atoms with Gasteiger partial charge in [0.05, 0.1) is 16.0 Å². The molecule has 0 spiro atoms. The maximum absolute atomic E-state index is 13.3. The van der Waals surface area contributed by atoms with E-state index in [1.54, 1.807) is 12.3 Å². The fraction of sp³-hybridized carbons (Fsp3) is 0.421. The number of allylic oxidation sites excluding steroid dienone is 1. The number of rotatable bonds is 6. The number of nitrogens with zero attached hydrogens (tertiary/aromatic N) is 1. The summed E-state index contributed by atoms with van der Waals surface area (Å²) < 4.78 is 26.6. The van der Waals surface area contributed by atoms with Crippen LogP contribution >= 0.6 is 0 Å². The molecule has 0 atom stereocenters. The van der Waals surface area contributed by atoms with Crippen LogP contribution in [0.3, 0.4) is 0 Å². The van der Waals surface area contributed by atoms with Crippen molar-refractivity contribution in [3.63, 3.8) is 0 Å². The lowest BCUT2D eigenvalue weighted by Gasteiger charge is -2.17. The van der Waals surface area contributed by atoms with Crippen LogP contribution in [0.2, 0.25) is 0 Å². The van der Waals surface area contributed by atoms with Crippen LogP contribution in [-0.2, 0) is 22.7 Å². The third kappa shape index (κ3) is 3.18. The van der Waals surface area contributed by atoms with Gasteiger partial charge in [-0.3, -0.25) is 5.10 Å². The van der Waals surface area contributed by atoms with Crippen molar-refractivity contribution in [2.75, 3.05) is 0 Å². The van der Waals surface area contributed by atoms with E-state index in [2.05, 4.69) is 17.1 Å². The molecule has 0 bridgehead atoms. The van der Waals surface area contributed by atoms with Crippen LogP contribution in [0.1, 0.15) is 55.0 Å². The largest absolute Gasteiger partial charge is 0.282 e. The normalized spacial score (nSPS) is 14.3. The highest BCUT2D eigenvalue weighted by Gasteiger charge is 2.29. The van der Waals surface area contributed by atoms with Crippen molar-refractivity contribution < 1.29 is 8.42 Å². The van der Waals surface area contributed by atoms with Gasteiger partial charge in [-0.05, 0) is 44.2 Å². The Balaban J connectivity index is 2.03. The number of fused-ring (bicyclic) bond motifs is 1. The number of nitrogens with one attached hydrogen (secondary N) is 1. The zero-order chi connectivity index (χ0) is 17.2. The summed E-state index contributed by atoms with van der Waals surface area (Å²) in [6.45, 7) is 4.16. The number of aromatic nitrogens is 2. The zero-order valence-electron chi connectivity index (χ0n) is 14.3. The second kappa shape index (κ2) is 6.93. The molecule has 1 aliphatic carbocycles. The minimum atomic E-state index is -3.53. The highest BCUT2D eigenvalue weighted by molar-refractivity contribution is 8.00. The van der Waals surface area contributed by atoms with Crippen molar-refractivity contribution in [2.24, 2.45) is 0 Å². The monoisotopic (exact) mass is 344 g/mol. The van der Waals surface area contributed by atoms with Gasteiger partial charge in [-0.1, -0.05) is 43.5 Å². The number of sulfone groups is 1. The standard InChI is InChI=1S/C19H24N2O2S/c1-3-4-5-7-15-12-14(2)10-11-18(15)24(22,23)19-9-6-8-17-16(19)13-20-21-17/h9-13H,3-8H2,1-2H3,(H,20,21). The van der Waals surface area contributed by atoms with E-state index in [-0.39, 0.29) is 0 Å². The van der Waals surface area contributed by atoms with Crippen LogP contribution in [0.15, 0.2) is 35.4 Å². The van der Waals surface area contributed by atoms with Gasteiger partial charge in [0.2, 0.25) is 9.84 Å². The summed E-state index contributed by atoms with van der Waals surface area (Å²) in [4.78, 5) is 0.850. The molecule has 0 fully saturated rings. The molecule has 0 amide bonds. The van der Waals surface area contributed by atoms with E-state index in [1.165, 1.54) is 0 Å². The Hall–Kier alpha value is -1.88. The number of benzene rings is 1. The van der Waals surface area contributed by atoms with Gasteiger partial charge in [-0.15, -0.1) is 0 Å². The van der Waals surface area contributed by atoms with E-state index in [0.29, 0.717) is 9.80 Å². The summed E-state index contributed by atoms with van der Waals surface area (Å²) in [6, 6.07) is 5.67. The first-order valence-corrected chi connectivity index (χ1v) is 10.1. The molecule has 24 heavy (non-hydrogen) atoms. The Morgan fingerprint density at radius 1 is 1.25 bits per heavy atom. The minimum absolute atomic E-state index is 0.401. The first-order chi connectivity index (χ1) is 11.5. The molecule has 1 N–H and O–H groups in total. The zero-order valence-corrected chi connectivity index (χ0v) is 15.1. The Bertz CT molecular complexity index is 863. The van der Waals surface area contributed by atoms with Gasteiger partial charge >= 0.3 is 0 Å². The maximum atomic E-state index is 13.3. The predicted octanol–water partition coefficient (Wildman–Crippen LogP) is 4.21. The number of unbranched alkanes of at least 4 members (excludes halogenated alkanes) is 2. The van der Waals surface area contributed by atoms with Crippen molar-refractivity contribution in [2.45, 2.75) is 57.3 Å². The molecule has 4 nitrogen and oxygen atoms in total. The highest BCUT2D eigenvalue weighted by Crippen LogP contribution is 2.35. The third-order valence-electron chi connectivity index (χ3n) is 4.55. The molecule has 1 heterocycles. The van der Waals surface area contributed by atoms with Gasteiger partial charge in [-0.25, -0.2) is 8.42 Å². The van der Waals surface area contributed by atoms with E-state index < -0.39 is 9.84 Å². The average Bonchev–Trinajstić information content (AvgIpc) is 3.03. The van der Waals surface area contributed by atoms with Crippen LogP contribution in [0.5, 0.6) is 0 Å². The fourth-order valence-electron chi connectivity index (χ4n) is 3.28. The lowest BCUT2D eigenvalue weighted by atomic mass is 10.0. The van der Waals surface area contributed by atoms with E-state index >= 15 is 0 Å². The van der Waals surface area contributed by atoms with Gasteiger partial charge < -0.3 is 0 Å². The second-order valence-electron chi connectivity index (χ2n) is 6.44. The molecule has 1 aromatic heterocycles. The van der Waals surface area contributed by atoms with Crippen LogP contribution in [-0.4, -0.2) is 18.6 Å². The van der Waals surface area contributed by atoms with Crippen molar-refractivity contribution >= 4 is 14.7 Å². The molecule has 1 aromatic carbocycles. The minimum Gasteiger partial charge on any atom is -0.282 e. The number of hydrogen-bond acceptors (Lipinski definition) is 3. The van der Waals surface area contributed by atoms with Crippen molar-refractivity contribution in [1.29, 1.82) is 0 Å². The first kappa shape index (κ1) is 17.0. The Morgan fingerprint density at radius 2 is 2.08 bits per heavy atom. The molecular weight excluding hydrogens is 320 g/mol. The van der Waals surface area contributed by atoms with Crippen LogP contribution in [0.4, 0.5) is 0 Å². The van der Waals surface area contributed by atoms with Gasteiger partial charge in [0, 0.05) is 11.3 Å². The van der Waals surface area contributed by atoms with E-state index in [0.717, 1.165) is 60.9 Å². The van der Waals surface area contributed by atoms with Crippen LogP contribution in [0, 0.1) is 6.92 Å². The second-order valence-corrected chi connectivity index (χ2v) is 8.33. The Morgan fingerprint density at radius 3 is 2.88 bits per heavy atom. The highest BCUT2D eigenvalue weighted by atomic mass is 32.2. The van der Waals surface area contributed by atoms with E-state index in [1.807, 2.05) is 25.1 Å². The Labute approximate surface area is 143 Å². The predicted molar refractivity (Wildman–Crippen MR) is 96.5 cm³/mol.